The first-order valence-electron chi connectivity index (χ1n) is 13.6. The molecule has 0 aromatic heterocycles. The van der Waals surface area contributed by atoms with Gasteiger partial charge in [-0.3, -0.25) is 4.79 Å². The average molecular weight is 624 g/mol. The van der Waals surface area contributed by atoms with E-state index < -0.39 is 56.1 Å². The number of sulfone groups is 1. The molecular formula is C31H33ClF3NO5S. The van der Waals surface area contributed by atoms with E-state index in [1.54, 1.807) is 37.3 Å². The Morgan fingerprint density at radius 3 is 2.29 bits per heavy atom. The first-order valence-corrected chi connectivity index (χ1v) is 15.6. The average Bonchev–Trinajstić information content (AvgIpc) is 3.24. The van der Waals surface area contributed by atoms with E-state index >= 15 is 0 Å². The summed E-state index contributed by atoms with van der Waals surface area (Å²) in [6.07, 6.45) is -0.572. The molecule has 1 aliphatic carbocycles. The Morgan fingerprint density at radius 1 is 1.07 bits per heavy atom. The minimum atomic E-state index is -4.19. The quantitative estimate of drug-likeness (QED) is 0.230. The monoisotopic (exact) mass is 623 g/mol. The van der Waals surface area contributed by atoms with Crippen LogP contribution in [0.3, 0.4) is 0 Å². The second-order valence-electron chi connectivity index (χ2n) is 11.2. The zero-order chi connectivity index (χ0) is 31.0. The van der Waals surface area contributed by atoms with Crippen molar-refractivity contribution in [2.45, 2.75) is 61.9 Å². The highest BCUT2D eigenvalue weighted by Gasteiger charge is 2.50. The summed E-state index contributed by atoms with van der Waals surface area (Å²) in [7, 11) is -4.19. The van der Waals surface area contributed by atoms with Crippen molar-refractivity contribution in [2.24, 2.45) is 17.8 Å². The summed E-state index contributed by atoms with van der Waals surface area (Å²) >= 11 is 6.36. The Morgan fingerprint density at radius 2 is 1.69 bits per heavy atom. The van der Waals surface area contributed by atoms with Crippen molar-refractivity contribution >= 4 is 33.0 Å². The van der Waals surface area contributed by atoms with Crippen LogP contribution in [-0.4, -0.2) is 35.4 Å². The lowest BCUT2D eigenvalue weighted by molar-refractivity contribution is -0.0939. The maximum Gasteiger partial charge on any atom is 0.255 e. The van der Waals surface area contributed by atoms with Gasteiger partial charge in [0.1, 0.15) is 6.10 Å². The van der Waals surface area contributed by atoms with Crippen LogP contribution >= 0.6 is 11.6 Å². The summed E-state index contributed by atoms with van der Waals surface area (Å²) < 4.78 is 69.0. The topological polar surface area (TPSA) is 104 Å². The number of benzene rings is 3. The number of nitrogens with one attached hydrogen (secondary N) is 1. The largest absolute Gasteiger partial charge is 0.387 e. The second kappa shape index (κ2) is 12.4. The molecule has 0 spiro atoms. The second-order valence-corrected chi connectivity index (χ2v) is 13.7. The lowest BCUT2D eigenvalue weighted by Gasteiger charge is -2.36. The van der Waals surface area contributed by atoms with Gasteiger partial charge >= 0.3 is 0 Å². The molecule has 3 unspecified atom stereocenters. The molecule has 4 rings (SSSR count). The third-order valence-corrected chi connectivity index (χ3v) is 11.4. The molecule has 6 atom stereocenters. The van der Waals surface area contributed by atoms with E-state index in [2.05, 4.69) is 5.32 Å². The fourth-order valence-electron chi connectivity index (χ4n) is 6.00. The summed E-state index contributed by atoms with van der Waals surface area (Å²) in [5.74, 6) is -6.47. The van der Waals surface area contributed by atoms with Crippen LogP contribution in [0.25, 0.3) is 0 Å². The lowest BCUT2D eigenvalue weighted by Crippen LogP contribution is -2.41. The van der Waals surface area contributed by atoms with Gasteiger partial charge in [0.05, 0.1) is 20.8 Å². The smallest absolute Gasteiger partial charge is 0.255 e. The first kappa shape index (κ1) is 32.0. The fraction of sp³-hybridized carbons (Fsp3) is 0.387. The SMILES string of the molecule is CC[C@](O)(C[C@@H]1C[C@H](C)C(C)C1S(=O)(=O)c1cc(C(=O)Nc2cc(F)c(F)c(F)c2)ccc1Cl)C(O)c1ccccc1. The van der Waals surface area contributed by atoms with Crippen LogP contribution in [0.15, 0.2) is 65.6 Å². The number of rotatable bonds is 9. The van der Waals surface area contributed by atoms with E-state index in [0.29, 0.717) is 24.1 Å². The van der Waals surface area contributed by atoms with Crippen LogP contribution in [0.2, 0.25) is 5.02 Å². The van der Waals surface area contributed by atoms with Crippen molar-refractivity contribution in [3.8, 4) is 0 Å². The number of hydrogen-bond acceptors (Lipinski definition) is 5. The van der Waals surface area contributed by atoms with Crippen LogP contribution in [0.5, 0.6) is 0 Å². The van der Waals surface area contributed by atoms with Crippen LogP contribution in [-0.2, 0) is 9.84 Å². The van der Waals surface area contributed by atoms with Crippen LogP contribution in [0, 0.1) is 35.2 Å². The highest BCUT2D eigenvalue weighted by atomic mass is 35.5. The van der Waals surface area contributed by atoms with Gasteiger partial charge in [-0.15, -0.1) is 0 Å². The van der Waals surface area contributed by atoms with E-state index in [1.165, 1.54) is 12.1 Å². The van der Waals surface area contributed by atoms with Crippen molar-refractivity contribution in [2.75, 3.05) is 5.32 Å². The Labute approximate surface area is 248 Å². The van der Waals surface area contributed by atoms with Crippen molar-refractivity contribution in [1.29, 1.82) is 0 Å². The summed E-state index contributed by atoms with van der Waals surface area (Å²) in [5, 5.41) is 23.9. The molecule has 3 aromatic rings. The van der Waals surface area contributed by atoms with Gasteiger partial charge in [-0.25, -0.2) is 21.6 Å². The standard InChI is InChI=1S/C31H33ClF3NO5S/c1-4-31(39,29(37)19-8-6-5-7-9-19)16-21-12-17(2)18(3)28(21)42(40,41)26-13-20(10-11-23(26)32)30(38)36-22-14-24(33)27(35)25(34)15-22/h5-11,13-15,17-18,21,28-29,37,39H,4,12,16H2,1-3H3,(H,36,38)/t17-,18?,21-,28?,29?,31-/m0/s1. The molecule has 0 heterocycles. The van der Waals surface area contributed by atoms with Gasteiger partial charge in [-0.1, -0.05) is 62.7 Å². The molecule has 226 valence electrons. The predicted molar refractivity (Wildman–Crippen MR) is 154 cm³/mol. The summed E-state index contributed by atoms with van der Waals surface area (Å²) in [5.41, 5.74) is -1.59. The fourth-order valence-corrected chi connectivity index (χ4v) is 8.92. The summed E-state index contributed by atoms with van der Waals surface area (Å²) in [4.78, 5) is 12.6. The Bertz CT molecular complexity index is 1550. The third-order valence-electron chi connectivity index (χ3n) is 8.51. The molecule has 1 saturated carbocycles. The van der Waals surface area contributed by atoms with E-state index in [4.69, 9.17) is 11.6 Å². The highest BCUT2D eigenvalue weighted by molar-refractivity contribution is 7.92. The predicted octanol–water partition coefficient (Wildman–Crippen LogP) is 6.71. The van der Waals surface area contributed by atoms with E-state index in [1.807, 2.05) is 13.8 Å². The molecule has 0 bridgehead atoms. The highest BCUT2D eigenvalue weighted by Crippen LogP contribution is 2.48. The Hall–Kier alpha value is -2.92. The maximum absolute atomic E-state index is 14.2. The number of aliphatic hydroxyl groups is 2. The van der Waals surface area contributed by atoms with Gasteiger partial charge < -0.3 is 15.5 Å². The van der Waals surface area contributed by atoms with Gasteiger partial charge in [0, 0.05) is 23.4 Å². The summed E-state index contributed by atoms with van der Waals surface area (Å²) in [6, 6.07) is 13.5. The molecule has 1 aliphatic rings. The van der Waals surface area contributed by atoms with Crippen LogP contribution < -0.4 is 5.32 Å². The summed E-state index contributed by atoms with van der Waals surface area (Å²) in [6.45, 7) is 5.47. The van der Waals surface area contributed by atoms with Crippen LogP contribution in [0.4, 0.5) is 18.9 Å². The molecule has 6 nitrogen and oxygen atoms in total. The molecule has 3 aromatic carbocycles. The number of carbonyl (C=O) groups is 1. The molecule has 1 amide bonds. The van der Waals surface area contributed by atoms with E-state index in [-0.39, 0.29) is 45.8 Å². The Kier molecular flexibility index (Phi) is 9.42. The zero-order valence-corrected chi connectivity index (χ0v) is 24.9. The van der Waals surface area contributed by atoms with Gasteiger partial charge in [0.2, 0.25) is 0 Å². The van der Waals surface area contributed by atoms with Gasteiger partial charge in [0.15, 0.2) is 27.3 Å². The number of amides is 1. The normalized spacial score (nSPS) is 22.9. The molecule has 0 aliphatic heterocycles. The lowest BCUT2D eigenvalue weighted by atomic mass is 9.80. The van der Waals surface area contributed by atoms with E-state index in [9.17, 15) is 36.6 Å². The molecule has 0 radical (unpaired) electrons. The first-order chi connectivity index (χ1) is 19.7. The molecule has 42 heavy (non-hydrogen) atoms. The van der Waals surface area contributed by atoms with Gasteiger partial charge in [0.25, 0.3) is 5.91 Å². The number of anilines is 1. The third kappa shape index (κ3) is 6.22. The minimum absolute atomic E-state index is 0.0115. The maximum atomic E-state index is 14.2. The number of halogens is 4. The van der Waals surface area contributed by atoms with Crippen LogP contribution in [0.1, 0.15) is 62.1 Å². The van der Waals surface area contributed by atoms with Crippen molar-refractivity contribution in [3.05, 3.63) is 94.3 Å². The number of carbonyl (C=O) groups excluding carboxylic acids is 1. The van der Waals surface area contributed by atoms with Gasteiger partial charge in [-0.05, 0) is 60.8 Å². The Balaban J connectivity index is 1.66. The number of hydrogen-bond donors (Lipinski definition) is 3. The van der Waals surface area contributed by atoms with Crippen molar-refractivity contribution < 1.29 is 36.6 Å². The minimum Gasteiger partial charge on any atom is -0.387 e. The molecule has 11 heteroatoms. The molecular weight excluding hydrogens is 591 g/mol. The number of aliphatic hydroxyl groups excluding tert-OH is 1. The van der Waals surface area contributed by atoms with Crippen molar-refractivity contribution in [1.82, 2.24) is 0 Å². The van der Waals surface area contributed by atoms with E-state index in [0.717, 1.165) is 6.07 Å². The van der Waals surface area contributed by atoms with Crippen molar-refractivity contribution in [3.63, 3.8) is 0 Å². The van der Waals surface area contributed by atoms with Gasteiger partial charge in [-0.2, -0.15) is 0 Å². The zero-order valence-electron chi connectivity index (χ0n) is 23.3. The molecule has 0 saturated heterocycles. The molecule has 3 N–H and O–H groups in total. The molecule has 1 fully saturated rings.